The molecule has 1 aliphatic rings. The fourth-order valence-corrected chi connectivity index (χ4v) is 6.34. The molecule has 1 aromatic heterocycles. The minimum Gasteiger partial charge on any atom is -0.481 e. The quantitative estimate of drug-likeness (QED) is 0.436. The summed E-state index contributed by atoms with van der Waals surface area (Å²) in [7, 11) is -3.96. The summed E-state index contributed by atoms with van der Waals surface area (Å²) in [6, 6.07) is 8.13. The summed E-state index contributed by atoms with van der Waals surface area (Å²) in [5.74, 6) is -3.45. The standard InChI is InChI=1S/C20H27N4O5P/c21-17(10-16-11-22-13-23-16)19(25)24-8-4-7-18(24)30(28,29)12-15(20(26)27)9-14-5-2-1-3-6-14/h1-3,5-6,11,13,15,17-18H,4,7-10,12,21H2,(H,22,23)(H,26,27)(H,28,29)/t15-,17+,18+/m1/s1. The molecular weight excluding hydrogens is 407 g/mol. The number of nitrogens with one attached hydrogen (secondary N) is 1. The van der Waals surface area contributed by atoms with E-state index in [4.69, 9.17) is 5.73 Å². The topological polar surface area (TPSA) is 150 Å². The number of H-pyrrole nitrogens is 1. The van der Waals surface area contributed by atoms with Gasteiger partial charge in [-0.25, -0.2) is 4.98 Å². The van der Waals surface area contributed by atoms with Crippen molar-refractivity contribution in [2.75, 3.05) is 12.7 Å². The Morgan fingerprint density at radius 3 is 2.67 bits per heavy atom. The van der Waals surface area contributed by atoms with Crippen LogP contribution in [0.25, 0.3) is 0 Å². The predicted octanol–water partition coefficient (Wildman–Crippen LogP) is 1.44. The van der Waals surface area contributed by atoms with Crippen molar-refractivity contribution in [3.63, 3.8) is 0 Å². The summed E-state index contributed by atoms with van der Waals surface area (Å²) in [5.41, 5.74) is 7.53. The number of rotatable bonds is 9. The average Bonchev–Trinajstić information content (AvgIpc) is 3.39. The number of likely N-dealkylation sites (tertiary alicyclic amines) is 1. The second-order valence-electron chi connectivity index (χ2n) is 7.71. The highest BCUT2D eigenvalue weighted by molar-refractivity contribution is 7.58. The van der Waals surface area contributed by atoms with E-state index in [1.807, 2.05) is 6.07 Å². The van der Waals surface area contributed by atoms with Gasteiger partial charge < -0.3 is 25.6 Å². The van der Waals surface area contributed by atoms with Gasteiger partial charge in [0.25, 0.3) is 0 Å². The molecule has 1 saturated heterocycles. The van der Waals surface area contributed by atoms with Crippen LogP contribution in [0.5, 0.6) is 0 Å². The van der Waals surface area contributed by atoms with Gasteiger partial charge >= 0.3 is 5.97 Å². The minimum absolute atomic E-state index is 0.153. The number of imidazole rings is 1. The van der Waals surface area contributed by atoms with Gasteiger partial charge in [0, 0.05) is 31.0 Å². The summed E-state index contributed by atoms with van der Waals surface area (Å²) in [6.45, 7) is 0.334. The molecule has 1 unspecified atom stereocenters. The van der Waals surface area contributed by atoms with Crippen LogP contribution in [0.2, 0.25) is 0 Å². The minimum atomic E-state index is -3.96. The number of hydrogen-bond donors (Lipinski definition) is 4. The van der Waals surface area contributed by atoms with E-state index in [0.29, 0.717) is 25.1 Å². The van der Waals surface area contributed by atoms with Crippen LogP contribution in [0.3, 0.4) is 0 Å². The first-order chi connectivity index (χ1) is 14.3. The molecule has 0 aliphatic carbocycles. The third-order valence-electron chi connectivity index (χ3n) is 5.44. The van der Waals surface area contributed by atoms with E-state index in [-0.39, 0.29) is 19.0 Å². The molecule has 1 amide bonds. The van der Waals surface area contributed by atoms with E-state index in [0.717, 1.165) is 5.56 Å². The Morgan fingerprint density at radius 2 is 2.03 bits per heavy atom. The number of aromatic nitrogens is 2. The third-order valence-corrected chi connectivity index (χ3v) is 7.87. The SMILES string of the molecule is N[C@@H](Cc1cnc[nH]1)C(=O)N1CCC[C@@H]1P(=O)(O)C[C@@H](Cc1ccccc1)C(=O)O. The van der Waals surface area contributed by atoms with Gasteiger partial charge in [-0.15, -0.1) is 0 Å². The van der Waals surface area contributed by atoms with E-state index in [9.17, 15) is 24.2 Å². The lowest BCUT2D eigenvalue weighted by atomic mass is 10.0. The monoisotopic (exact) mass is 434 g/mol. The van der Waals surface area contributed by atoms with E-state index in [2.05, 4.69) is 9.97 Å². The maximum atomic E-state index is 13.2. The number of benzene rings is 1. The molecule has 3 rings (SSSR count). The molecule has 1 aliphatic heterocycles. The Labute approximate surface area is 174 Å². The van der Waals surface area contributed by atoms with Gasteiger partial charge in [-0.1, -0.05) is 30.3 Å². The first-order valence-corrected chi connectivity index (χ1v) is 11.8. The molecule has 9 nitrogen and oxygen atoms in total. The number of aromatic amines is 1. The number of hydrogen-bond acceptors (Lipinski definition) is 5. The highest BCUT2D eigenvalue weighted by Crippen LogP contribution is 2.53. The van der Waals surface area contributed by atoms with Crippen molar-refractivity contribution >= 4 is 19.2 Å². The molecule has 0 radical (unpaired) electrons. The van der Waals surface area contributed by atoms with Gasteiger partial charge in [-0.2, -0.15) is 0 Å². The van der Waals surface area contributed by atoms with Crippen LogP contribution < -0.4 is 5.73 Å². The Hall–Kier alpha value is -2.48. The van der Waals surface area contributed by atoms with Crippen LogP contribution in [0.15, 0.2) is 42.9 Å². The molecule has 2 heterocycles. The molecule has 0 spiro atoms. The number of nitrogens with zero attached hydrogens (tertiary/aromatic N) is 2. The number of amides is 1. The summed E-state index contributed by atoms with van der Waals surface area (Å²) < 4.78 is 13.2. The van der Waals surface area contributed by atoms with Crippen molar-refractivity contribution in [2.24, 2.45) is 11.7 Å². The van der Waals surface area contributed by atoms with Crippen molar-refractivity contribution in [2.45, 2.75) is 37.5 Å². The fourth-order valence-electron chi connectivity index (χ4n) is 3.93. The van der Waals surface area contributed by atoms with Crippen molar-refractivity contribution in [3.05, 3.63) is 54.1 Å². The number of carbonyl (C=O) groups is 2. The lowest BCUT2D eigenvalue weighted by molar-refractivity contribution is -0.141. The number of carboxylic acid groups (broad SMARTS) is 1. The summed E-state index contributed by atoms with van der Waals surface area (Å²) >= 11 is 0. The summed E-state index contributed by atoms with van der Waals surface area (Å²) in [5, 5.41) is 9.61. The molecule has 1 aromatic carbocycles. The Kier molecular flexibility index (Phi) is 7.07. The van der Waals surface area contributed by atoms with Crippen LogP contribution in [-0.4, -0.2) is 61.3 Å². The van der Waals surface area contributed by atoms with Crippen molar-refractivity contribution in [1.82, 2.24) is 14.9 Å². The van der Waals surface area contributed by atoms with Crippen LogP contribution in [0.4, 0.5) is 0 Å². The molecule has 1 fully saturated rings. The fraction of sp³-hybridized carbons (Fsp3) is 0.450. The van der Waals surface area contributed by atoms with Crippen molar-refractivity contribution < 1.29 is 24.2 Å². The molecule has 10 heteroatoms. The zero-order chi connectivity index (χ0) is 21.7. The second kappa shape index (κ2) is 9.55. The van der Waals surface area contributed by atoms with Crippen molar-refractivity contribution in [1.29, 1.82) is 0 Å². The van der Waals surface area contributed by atoms with Crippen molar-refractivity contribution in [3.8, 4) is 0 Å². The average molecular weight is 434 g/mol. The summed E-state index contributed by atoms with van der Waals surface area (Å²) in [6.07, 6.45) is 4.01. The van der Waals surface area contributed by atoms with Gasteiger partial charge in [-0.3, -0.25) is 14.2 Å². The number of aliphatic carboxylic acids is 1. The van der Waals surface area contributed by atoms with Crippen LogP contribution in [-0.2, 0) is 27.0 Å². The van der Waals surface area contributed by atoms with Gasteiger partial charge in [0.15, 0.2) is 0 Å². The van der Waals surface area contributed by atoms with E-state index >= 15 is 0 Å². The van der Waals surface area contributed by atoms with Gasteiger partial charge in [-0.05, 0) is 24.8 Å². The maximum absolute atomic E-state index is 13.2. The molecule has 0 bridgehead atoms. The zero-order valence-corrected chi connectivity index (χ0v) is 17.4. The van der Waals surface area contributed by atoms with Gasteiger partial charge in [0.1, 0.15) is 5.78 Å². The predicted molar refractivity (Wildman–Crippen MR) is 111 cm³/mol. The molecule has 0 saturated carbocycles. The summed E-state index contributed by atoms with van der Waals surface area (Å²) in [4.78, 5) is 43.6. The smallest absolute Gasteiger partial charge is 0.307 e. The lowest BCUT2D eigenvalue weighted by Crippen LogP contribution is -2.47. The number of nitrogens with two attached hydrogens (primary N) is 1. The molecule has 162 valence electrons. The zero-order valence-electron chi connectivity index (χ0n) is 16.6. The second-order valence-corrected chi connectivity index (χ2v) is 10.2. The van der Waals surface area contributed by atoms with E-state index < -0.39 is 37.0 Å². The van der Waals surface area contributed by atoms with Crippen LogP contribution in [0, 0.1) is 5.92 Å². The van der Waals surface area contributed by atoms with E-state index in [1.165, 1.54) is 11.2 Å². The highest BCUT2D eigenvalue weighted by atomic mass is 31.2. The number of carbonyl (C=O) groups excluding carboxylic acids is 1. The molecule has 5 N–H and O–H groups in total. The normalized spacial score (nSPS) is 20.5. The Balaban J connectivity index is 1.70. The Bertz CT molecular complexity index is 905. The first-order valence-electron chi connectivity index (χ1n) is 9.89. The third kappa shape index (κ3) is 5.36. The van der Waals surface area contributed by atoms with E-state index in [1.54, 1.807) is 30.5 Å². The molecule has 2 aromatic rings. The molecule has 4 atom stereocenters. The molecule has 30 heavy (non-hydrogen) atoms. The molecular formula is C20H27N4O5P. The largest absolute Gasteiger partial charge is 0.481 e. The lowest BCUT2D eigenvalue weighted by Gasteiger charge is -2.31. The highest BCUT2D eigenvalue weighted by Gasteiger charge is 2.44. The van der Waals surface area contributed by atoms with Crippen LogP contribution >= 0.6 is 7.37 Å². The first kappa shape index (κ1) is 22.2. The van der Waals surface area contributed by atoms with Gasteiger partial charge in [0.2, 0.25) is 13.3 Å². The maximum Gasteiger partial charge on any atom is 0.307 e. The Morgan fingerprint density at radius 1 is 1.30 bits per heavy atom. The van der Waals surface area contributed by atoms with Gasteiger partial charge in [0.05, 0.1) is 18.3 Å². The van der Waals surface area contributed by atoms with Crippen LogP contribution in [0.1, 0.15) is 24.1 Å². The number of carboxylic acids is 1.